The van der Waals surface area contributed by atoms with Gasteiger partial charge < -0.3 is 10.2 Å². The van der Waals surface area contributed by atoms with Crippen LogP contribution >= 0.6 is 11.3 Å². The Morgan fingerprint density at radius 2 is 2.39 bits per heavy atom. The first-order valence-electron chi connectivity index (χ1n) is 7.18. The number of aryl methyl sites for hydroxylation is 1. The molecule has 0 amide bonds. The molecule has 2 rings (SSSR count). The van der Waals surface area contributed by atoms with Gasteiger partial charge in [-0.05, 0) is 62.7 Å². The number of piperidine rings is 1. The van der Waals surface area contributed by atoms with Gasteiger partial charge in [0.25, 0.3) is 0 Å². The van der Waals surface area contributed by atoms with Gasteiger partial charge in [0, 0.05) is 24.0 Å². The summed E-state index contributed by atoms with van der Waals surface area (Å²) in [6.07, 6.45) is 3.89. The van der Waals surface area contributed by atoms with Crippen LogP contribution in [0.25, 0.3) is 0 Å². The van der Waals surface area contributed by atoms with Crippen LogP contribution in [-0.4, -0.2) is 31.1 Å². The maximum absolute atomic E-state index is 3.73. The molecule has 1 aliphatic heterocycles. The van der Waals surface area contributed by atoms with Crippen LogP contribution < -0.4 is 5.32 Å². The lowest BCUT2D eigenvalue weighted by atomic mass is 9.92. The maximum atomic E-state index is 3.73. The molecule has 18 heavy (non-hydrogen) atoms. The minimum Gasteiger partial charge on any atom is -0.309 e. The molecule has 0 radical (unpaired) electrons. The number of hydrogen-bond acceptors (Lipinski definition) is 3. The van der Waals surface area contributed by atoms with Crippen LogP contribution in [0, 0.1) is 5.92 Å². The Kier molecular flexibility index (Phi) is 5.22. The van der Waals surface area contributed by atoms with Gasteiger partial charge in [0.05, 0.1) is 0 Å². The summed E-state index contributed by atoms with van der Waals surface area (Å²) >= 11 is 1.89. The van der Waals surface area contributed by atoms with Crippen molar-refractivity contribution in [3.8, 4) is 0 Å². The molecule has 1 aliphatic rings. The van der Waals surface area contributed by atoms with Gasteiger partial charge in [-0.2, -0.15) is 0 Å². The highest BCUT2D eigenvalue weighted by molar-refractivity contribution is 7.10. The summed E-state index contributed by atoms with van der Waals surface area (Å²) < 4.78 is 0. The molecule has 1 saturated heterocycles. The third kappa shape index (κ3) is 3.56. The van der Waals surface area contributed by atoms with Gasteiger partial charge in [-0.1, -0.05) is 6.92 Å². The number of nitrogens with zero attached hydrogens (tertiary/aromatic N) is 1. The predicted octanol–water partition coefficient (Wildman–Crippen LogP) is 3.13. The van der Waals surface area contributed by atoms with Crippen molar-refractivity contribution in [2.24, 2.45) is 5.92 Å². The molecule has 1 aromatic heterocycles. The number of likely N-dealkylation sites (tertiary alicyclic amines) is 1. The van der Waals surface area contributed by atoms with Crippen molar-refractivity contribution in [1.82, 2.24) is 10.2 Å². The molecule has 1 aromatic rings. The monoisotopic (exact) mass is 266 g/mol. The third-order valence-corrected chi connectivity index (χ3v) is 5.13. The number of rotatable bonds is 5. The summed E-state index contributed by atoms with van der Waals surface area (Å²) in [6, 6.07) is 2.89. The molecule has 102 valence electrons. The van der Waals surface area contributed by atoms with E-state index in [0.717, 1.165) is 18.9 Å². The van der Waals surface area contributed by atoms with Gasteiger partial charge in [0.2, 0.25) is 0 Å². The highest BCUT2D eigenvalue weighted by Gasteiger charge is 2.22. The molecule has 0 spiro atoms. The molecular formula is C15H26N2S. The van der Waals surface area contributed by atoms with E-state index in [0.29, 0.717) is 6.04 Å². The lowest BCUT2D eigenvalue weighted by Gasteiger charge is -2.34. The molecule has 1 N–H and O–H groups in total. The second-order valence-corrected chi connectivity index (χ2v) is 6.56. The SMILES string of the molecule is CCc1ccsc1CNC(C)C1CCCN(C)C1. The average molecular weight is 266 g/mol. The van der Waals surface area contributed by atoms with Crippen LogP contribution in [0.4, 0.5) is 0 Å². The van der Waals surface area contributed by atoms with Crippen molar-refractivity contribution >= 4 is 11.3 Å². The Morgan fingerprint density at radius 1 is 1.56 bits per heavy atom. The minimum absolute atomic E-state index is 0.625. The Labute approximate surface area is 115 Å². The molecule has 1 fully saturated rings. The summed E-state index contributed by atoms with van der Waals surface area (Å²) in [6.45, 7) is 8.16. The molecule has 0 aliphatic carbocycles. The average Bonchev–Trinajstić information content (AvgIpc) is 2.83. The predicted molar refractivity (Wildman–Crippen MR) is 80.2 cm³/mol. The first-order chi connectivity index (χ1) is 8.70. The van der Waals surface area contributed by atoms with Crippen molar-refractivity contribution in [3.63, 3.8) is 0 Å². The van der Waals surface area contributed by atoms with E-state index in [1.165, 1.54) is 36.4 Å². The van der Waals surface area contributed by atoms with Crippen molar-refractivity contribution in [2.45, 2.75) is 45.7 Å². The van der Waals surface area contributed by atoms with E-state index in [1.807, 2.05) is 11.3 Å². The van der Waals surface area contributed by atoms with Gasteiger partial charge in [0.15, 0.2) is 0 Å². The Hall–Kier alpha value is -0.380. The van der Waals surface area contributed by atoms with Crippen LogP contribution in [-0.2, 0) is 13.0 Å². The lowest BCUT2D eigenvalue weighted by Crippen LogP contribution is -2.42. The van der Waals surface area contributed by atoms with E-state index in [-0.39, 0.29) is 0 Å². The fourth-order valence-corrected chi connectivity index (χ4v) is 3.80. The molecule has 2 heterocycles. The van der Waals surface area contributed by atoms with Gasteiger partial charge in [-0.3, -0.25) is 0 Å². The van der Waals surface area contributed by atoms with E-state index in [1.54, 1.807) is 0 Å². The van der Waals surface area contributed by atoms with Crippen LogP contribution in [0.2, 0.25) is 0 Å². The Bertz CT molecular complexity index is 361. The van der Waals surface area contributed by atoms with Gasteiger partial charge in [-0.25, -0.2) is 0 Å². The number of nitrogens with one attached hydrogen (secondary N) is 1. The van der Waals surface area contributed by atoms with Crippen molar-refractivity contribution in [3.05, 3.63) is 21.9 Å². The maximum Gasteiger partial charge on any atom is 0.0305 e. The highest BCUT2D eigenvalue weighted by Crippen LogP contribution is 2.21. The van der Waals surface area contributed by atoms with Crippen molar-refractivity contribution in [1.29, 1.82) is 0 Å². The quantitative estimate of drug-likeness (QED) is 0.881. The van der Waals surface area contributed by atoms with Crippen LogP contribution in [0.3, 0.4) is 0 Å². The first kappa shape index (κ1) is 14.0. The lowest BCUT2D eigenvalue weighted by molar-refractivity contribution is 0.178. The molecule has 2 unspecified atom stereocenters. The summed E-state index contributed by atoms with van der Waals surface area (Å²) in [5, 5.41) is 5.95. The topological polar surface area (TPSA) is 15.3 Å². The fourth-order valence-electron chi connectivity index (χ4n) is 2.87. The van der Waals surface area contributed by atoms with E-state index < -0.39 is 0 Å². The minimum atomic E-state index is 0.625. The van der Waals surface area contributed by atoms with E-state index in [4.69, 9.17) is 0 Å². The standard InChI is InChI=1S/C15H26N2S/c1-4-13-7-9-18-15(13)10-16-12(2)14-6-5-8-17(3)11-14/h7,9,12,14,16H,4-6,8,10-11H2,1-3H3. The second-order valence-electron chi connectivity index (χ2n) is 5.56. The summed E-state index contributed by atoms with van der Waals surface area (Å²) in [5.41, 5.74) is 1.51. The second kappa shape index (κ2) is 6.69. The zero-order valence-corrected chi connectivity index (χ0v) is 12.7. The van der Waals surface area contributed by atoms with E-state index in [2.05, 4.69) is 42.6 Å². The first-order valence-corrected chi connectivity index (χ1v) is 8.05. The fraction of sp³-hybridized carbons (Fsp3) is 0.733. The van der Waals surface area contributed by atoms with E-state index >= 15 is 0 Å². The van der Waals surface area contributed by atoms with Crippen molar-refractivity contribution in [2.75, 3.05) is 20.1 Å². The molecule has 2 nitrogen and oxygen atoms in total. The summed E-state index contributed by atoms with van der Waals surface area (Å²) in [4.78, 5) is 3.99. The Morgan fingerprint density at radius 3 is 3.11 bits per heavy atom. The molecule has 0 aromatic carbocycles. The molecular weight excluding hydrogens is 240 g/mol. The number of thiophene rings is 1. The van der Waals surface area contributed by atoms with Crippen LogP contribution in [0.15, 0.2) is 11.4 Å². The van der Waals surface area contributed by atoms with Crippen LogP contribution in [0.1, 0.15) is 37.1 Å². The zero-order chi connectivity index (χ0) is 13.0. The normalized spacial score (nSPS) is 23.2. The number of hydrogen-bond donors (Lipinski definition) is 1. The van der Waals surface area contributed by atoms with Crippen molar-refractivity contribution < 1.29 is 0 Å². The van der Waals surface area contributed by atoms with Crippen LogP contribution in [0.5, 0.6) is 0 Å². The van der Waals surface area contributed by atoms with Gasteiger partial charge >= 0.3 is 0 Å². The third-order valence-electron chi connectivity index (χ3n) is 4.17. The summed E-state index contributed by atoms with van der Waals surface area (Å²) in [7, 11) is 2.24. The molecule has 0 saturated carbocycles. The molecule has 3 heteroatoms. The smallest absolute Gasteiger partial charge is 0.0305 e. The van der Waals surface area contributed by atoms with E-state index in [9.17, 15) is 0 Å². The highest BCUT2D eigenvalue weighted by atomic mass is 32.1. The van der Waals surface area contributed by atoms with Gasteiger partial charge in [0.1, 0.15) is 0 Å². The van der Waals surface area contributed by atoms with Gasteiger partial charge in [-0.15, -0.1) is 11.3 Å². The molecule has 0 bridgehead atoms. The largest absolute Gasteiger partial charge is 0.309 e. The Balaban J connectivity index is 1.82. The zero-order valence-electron chi connectivity index (χ0n) is 11.9. The summed E-state index contributed by atoms with van der Waals surface area (Å²) in [5.74, 6) is 0.814. The molecule has 2 atom stereocenters.